The molecule has 0 heterocycles. The summed E-state index contributed by atoms with van der Waals surface area (Å²) >= 11 is 0. The van der Waals surface area contributed by atoms with Crippen molar-refractivity contribution < 1.29 is 66.5 Å². The zero-order chi connectivity index (χ0) is 42.4. The number of nitrogens with one attached hydrogen (secondary N) is 1. The first-order valence-corrected chi connectivity index (χ1v) is 21.6. The van der Waals surface area contributed by atoms with Crippen LogP contribution in [0.1, 0.15) is 0 Å². The first kappa shape index (κ1) is 41.5. The lowest BCUT2D eigenvalue weighted by Gasteiger charge is -2.12. The summed E-state index contributed by atoms with van der Waals surface area (Å²) in [6, 6.07) is 19.6. The highest BCUT2D eigenvalue weighted by atomic mass is 32.2. The number of hydrogen-bond donors (Lipinski definition) is 6. The Morgan fingerprint density at radius 3 is 1.59 bits per heavy atom. The summed E-state index contributed by atoms with van der Waals surface area (Å²) in [5, 5.41) is 29.4. The summed E-state index contributed by atoms with van der Waals surface area (Å²) in [5.74, 6) is -0.933. The van der Waals surface area contributed by atoms with Crippen LogP contribution in [0.2, 0.25) is 0 Å². The number of hydrogen-bond acceptors (Lipinski definition) is 16. The van der Waals surface area contributed by atoms with E-state index in [4.69, 9.17) is 9.47 Å². The molecule has 0 saturated carbocycles. The highest BCUT2D eigenvalue weighted by Crippen LogP contribution is 2.45. The van der Waals surface area contributed by atoms with E-state index in [2.05, 4.69) is 25.8 Å². The highest BCUT2D eigenvalue weighted by molar-refractivity contribution is 7.87. The van der Waals surface area contributed by atoms with Crippen LogP contribution in [0.25, 0.3) is 21.5 Å². The molecular formula is C34H27N5O15S4. The smallest absolute Gasteiger partial charge is 0.296 e. The number of rotatable bonds is 12. The monoisotopic (exact) mass is 873 g/mol. The fourth-order valence-corrected chi connectivity index (χ4v) is 8.26. The first-order chi connectivity index (χ1) is 27.1. The average Bonchev–Trinajstić information content (AvgIpc) is 3.14. The Labute approximate surface area is 329 Å². The van der Waals surface area contributed by atoms with Crippen LogP contribution in [0.15, 0.2) is 131 Å². The minimum absolute atomic E-state index is 0.135. The van der Waals surface area contributed by atoms with Crippen LogP contribution in [-0.4, -0.2) is 71.2 Å². The van der Waals surface area contributed by atoms with Crippen LogP contribution in [-0.2, 0) is 40.5 Å². The van der Waals surface area contributed by atoms with Gasteiger partial charge in [0.1, 0.15) is 48.9 Å². The predicted octanol–water partition coefficient (Wildman–Crippen LogP) is 7.28. The molecule has 0 unspecified atom stereocenters. The molecule has 0 aliphatic rings. The third-order valence-corrected chi connectivity index (χ3v) is 11.7. The van der Waals surface area contributed by atoms with Crippen molar-refractivity contribution in [3.05, 3.63) is 91.0 Å². The van der Waals surface area contributed by atoms with E-state index in [9.17, 15) is 57.0 Å². The van der Waals surface area contributed by atoms with E-state index in [1.165, 1.54) is 26.4 Å². The van der Waals surface area contributed by atoms with Crippen molar-refractivity contribution >= 4 is 96.1 Å². The number of fused-ring (bicyclic) bond motifs is 2. The standard InChI is InChI=1S/C34H27N5O15S4/c1-53-28-17-26(37-39-33-32(58(50,51)52)13-18-10-21(8-9-23(18)34(33)40)35-20-6-4-3-5-7-20)29(54-2)16-25(28)36-38-27-15-24-19(12-31(27)57(47,48)49)11-22(55(41,42)43)14-30(24)56(44,45)46/h3-17,35,40H,1-2H3,(H,41,42,43)(H,44,45,46)(H,47,48,49)(H,50,51,52). The van der Waals surface area contributed by atoms with Gasteiger partial charge in [0.25, 0.3) is 40.5 Å². The average molecular weight is 874 g/mol. The van der Waals surface area contributed by atoms with Crippen molar-refractivity contribution in [2.45, 2.75) is 19.6 Å². The third kappa shape index (κ3) is 8.72. The van der Waals surface area contributed by atoms with E-state index in [1.54, 1.807) is 36.4 Å². The number of methoxy groups -OCH3 is 2. The Hall–Kier alpha value is -6.12. The van der Waals surface area contributed by atoms with Gasteiger partial charge in [0, 0.05) is 34.3 Å². The molecular weight excluding hydrogens is 847 g/mol. The SMILES string of the molecule is COc1cc(N=Nc2c(S(=O)(=O)O)cc3cc(Nc4ccccc4)ccc3c2O)c(OC)cc1N=Nc1cc2c(S(=O)(=O)O)cc(S(=O)(=O)O)cc2cc1S(=O)(=O)O. The maximum atomic E-state index is 12.5. The molecule has 0 aliphatic heterocycles. The van der Waals surface area contributed by atoms with E-state index in [0.717, 1.165) is 23.9 Å². The summed E-state index contributed by atoms with van der Waals surface area (Å²) in [6.45, 7) is 0. The summed E-state index contributed by atoms with van der Waals surface area (Å²) in [4.78, 5) is -3.87. The van der Waals surface area contributed by atoms with Crippen LogP contribution in [0.3, 0.4) is 0 Å². The molecule has 20 nitrogen and oxygen atoms in total. The molecule has 0 fully saturated rings. The van der Waals surface area contributed by atoms with E-state index in [1.807, 2.05) is 6.07 Å². The molecule has 0 saturated heterocycles. The zero-order valence-electron chi connectivity index (χ0n) is 29.4. The van der Waals surface area contributed by atoms with Gasteiger partial charge in [0.15, 0.2) is 5.75 Å². The lowest BCUT2D eigenvalue weighted by molar-refractivity contribution is 0.405. The summed E-state index contributed by atoms with van der Waals surface area (Å²) in [7, 11) is -18.1. The lowest BCUT2D eigenvalue weighted by Crippen LogP contribution is -2.05. The van der Waals surface area contributed by atoms with Crippen molar-refractivity contribution in [3.63, 3.8) is 0 Å². The zero-order valence-corrected chi connectivity index (χ0v) is 32.7. The van der Waals surface area contributed by atoms with Gasteiger partial charge in [0.05, 0.1) is 19.1 Å². The van der Waals surface area contributed by atoms with Gasteiger partial charge in [-0.15, -0.1) is 20.5 Å². The number of anilines is 2. The number of aromatic hydroxyl groups is 1. The van der Waals surface area contributed by atoms with Crippen molar-refractivity contribution in [3.8, 4) is 17.2 Å². The second kappa shape index (κ2) is 15.3. The van der Waals surface area contributed by atoms with Gasteiger partial charge in [-0.05, 0) is 71.4 Å². The van der Waals surface area contributed by atoms with Gasteiger partial charge in [-0.3, -0.25) is 18.2 Å². The second-order valence-corrected chi connectivity index (χ2v) is 17.5. The number of nitrogens with zero attached hydrogens (tertiary/aromatic N) is 4. The van der Waals surface area contributed by atoms with E-state index in [0.29, 0.717) is 23.9 Å². The number of phenols is 1. The van der Waals surface area contributed by atoms with Crippen LogP contribution >= 0.6 is 0 Å². The lowest BCUT2D eigenvalue weighted by atomic mass is 10.1. The molecule has 24 heteroatoms. The molecule has 302 valence electrons. The van der Waals surface area contributed by atoms with Crippen molar-refractivity contribution in [2.75, 3.05) is 19.5 Å². The Morgan fingerprint density at radius 1 is 0.500 bits per heavy atom. The molecule has 0 radical (unpaired) electrons. The van der Waals surface area contributed by atoms with Gasteiger partial charge in [-0.1, -0.05) is 18.2 Å². The minimum atomic E-state index is -5.21. The molecule has 0 aromatic heterocycles. The quantitative estimate of drug-likeness (QED) is 0.0520. The molecule has 0 atom stereocenters. The summed E-state index contributed by atoms with van der Waals surface area (Å²) in [6.07, 6.45) is 0. The second-order valence-electron chi connectivity index (χ2n) is 12.0. The summed E-state index contributed by atoms with van der Waals surface area (Å²) in [5.41, 5.74) is -0.438. The van der Waals surface area contributed by atoms with Gasteiger partial charge in [-0.25, -0.2) is 0 Å². The largest absolute Gasteiger partial charge is 0.505 e. The Kier molecular flexibility index (Phi) is 11.0. The molecule has 0 aliphatic carbocycles. The molecule has 6 aromatic rings. The molecule has 0 amide bonds. The molecule has 6 rings (SSSR count). The van der Waals surface area contributed by atoms with Crippen LogP contribution in [0.5, 0.6) is 17.2 Å². The van der Waals surface area contributed by atoms with E-state index < -0.39 is 88.0 Å². The maximum absolute atomic E-state index is 12.5. The number of benzene rings is 6. The molecule has 58 heavy (non-hydrogen) atoms. The number of azo groups is 2. The third-order valence-electron chi connectivity index (χ3n) is 8.22. The summed E-state index contributed by atoms with van der Waals surface area (Å²) < 4.78 is 148. The van der Waals surface area contributed by atoms with Crippen molar-refractivity contribution in [1.82, 2.24) is 0 Å². The Balaban J connectivity index is 1.44. The topological polar surface area (TPSA) is 318 Å². The van der Waals surface area contributed by atoms with E-state index in [-0.39, 0.29) is 33.6 Å². The van der Waals surface area contributed by atoms with Gasteiger partial charge in [0.2, 0.25) is 0 Å². The van der Waals surface area contributed by atoms with Crippen molar-refractivity contribution in [1.29, 1.82) is 0 Å². The predicted molar refractivity (Wildman–Crippen MR) is 206 cm³/mol. The molecule has 0 spiro atoms. The first-order valence-electron chi connectivity index (χ1n) is 15.8. The van der Waals surface area contributed by atoms with Gasteiger partial charge in [-0.2, -0.15) is 33.7 Å². The Morgan fingerprint density at radius 2 is 1.03 bits per heavy atom. The fourth-order valence-electron chi connectivity index (χ4n) is 5.61. The van der Waals surface area contributed by atoms with E-state index >= 15 is 0 Å². The Bertz CT molecular complexity index is 3180. The molecule has 6 N–H and O–H groups in total. The molecule has 0 bridgehead atoms. The van der Waals surface area contributed by atoms with Crippen LogP contribution in [0, 0.1) is 0 Å². The minimum Gasteiger partial charge on any atom is -0.505 e. The number of para-hydroxylation sites is 1. The highest BCUT2D eigenvalue weighted by Gasteiger charge is 2.26. The van der Waals surface area contributed by atoms with Crippen LogP contribution in [0.4, 0.5) is 34.1 Å². The van der Waals surface area contributed by atoms with Gasteiger partial charge >= 0.3 is 0 Å². The molecule has 6 aromatic carbocycles. The number of phenolic OH excluding ortho intramolecular Hbond substituents is 1. The maximum Gasteiger partial charge on any atom is 0.296 e. The fraction of sp³-hybridized carbons (Fsp3) is 0.0588. The van der Waals surface area contributed by atoms with Gasteiger partial charge < -0.3 is 19.9 Å². The van der Waals surface area contributed by atoms with Crippen LogP contribution < -0.4 is 14.8 Å². The van der Waals surface area contributed by atoms with Crippen molar-refractivity contribution in [2.24, 2.45) is 20.5 Å². The number of ether oxygens (including phenoxy) is 2. The normalized spacial score (nSPS) is 12.8.